The highest BCUT2D eigenvalue weighted by molar-refractivity contribution is 9.10. The maximum absolute atomic E-state index is 12.1. The van der Waals surface area contributed by atoms with Crippen LogP contribution in [-0.2, 0) is 4.74 Å². The normalized spacial score (nSPS) is 15.2. The molecule has 0 aliphatic carbocycles. The van der Waals surface area contributed by atoms with Gasteiger partial charge in [0.1, 0.15) is 0 Å². The number of hydrogen-bond donors (Lipinski definition) is 2. The van der Waals surface area contributed by atoms with Crippen LogP contribution >= 0.6 is 39.7 Å². The zero-order valence-corrected chi connectivity index (χ0v) is 15.8. The van der Waals surface area contributed by atoms with E-state index in [1.807, 2.05) is 0 Å². The molecule has 1 aromatic rings. The molecule has 2 N–H and O–H groups in total. The van der Waals surface area contributed by atoms with Gasteiger partial charge in [-0.25, -0.2) is 0 Å². The van der Waals surface area contributed by atoms with E-state index in [0.29, 0.717) is 22.2 Å². The lowest BCUT2D eigenvalue weighted by Gasteiger charge is -2.26. The van der Waals surface area contributed by atoms with E-state index in [4.69, 9.17) is 28.6 Å². The standard InChI is InChI=1S/C15H19BrClN3O2S/c16-11-2-3-13(17)12(10-11)14(21)19-15(23)18-4-1-5-20-6-8-22-9-7-20/h2-3,10H,1,4-9H2,(H2,18,19,21,23). The number of amides is 1. The predicted molar refractivity (Wildman–Crippen MR) is 99.1 cm³/mol. The van der Waals surface area contributed by atoms with Gasteiger partial charge in [-0.1, -0.05) is 27.5 Å². The number of nitrogens with zero attached hydrogens (tertiary/aromatic N) is 1. The summed E-state index contributed by atoms with van der Waals surface area (Å²) in [7, 11) is 0. The van der Waals surface area contributed by atoms with Crippen molar-refractivity contribution in [1.82, 2.24) is 15.5 Å². The molecule has 0 unspecified atom stereocenters. The fourth-order valence-electron chi connectivity index (χ4n) is 2.22. The van der Waals surface area contributed by atoms with Crippen LogP contribution in [0.4, 0.5) is 0 Å². The Kier molecular flexibility index (Phi) is 7.72. The van der Waals surface area contributed by atoms with Crippen molar-refractivity contribution in [1.29, 1.82) is 0 Å². The van der Waals surface area contributed by atoms with Gasteiger partial charge in [-0.3, -0.25) is 15.0 Å². The molecule has 0 saturated carbocycles. The van der Waals surface area contributed by atoms with E-state index >= 15 is 0 Å². The summed E-state index contributed by atoms with van der Waals surface area (Å²) in [5.41, 5.74) is 0.388. The lowest BCUT2D eigenvalue weighted by molar-refractivity contribution is 0.0376. The smallest absolute Gasteiger partial charge is 0.258 e. The van der Waals surface area contributed by atoms with E-state index in [1.165, 1.54) is 0 Å². The van der Waals surface area contributed by atoms with Crippen LogP contribution in [0.15, 0.2) is 22.7 Å². The summed E-state index contributed by atoms with van der Waals surface area (Å²) in [6.45, 7) is 5.25. The molecular weight excluding hydrogens is 402 g/mol. The van der Waals surface area contributed by atoms with Crippen molar-refractivity contribution < 1.29 is 9.53 Å². The molecule has 1 heterocycles. The van der Waals surface area contributed by atoms with Gasteiger partial charge in [-0.05, 0) is 43.4 Å². The summed E-state index contributed by atoms with van der Waals surface area (Å²) >= 11 is 14.5. The number of ether oxygens (including phenoxy) is 1. The highest BCUT2D eigenvalue weighted by Gasteiger charge is 2.13. The van der Waals surface area contributed by atoms with E-state index in [-0.39, 0.29) is 5.91 Å². The van der Waals surface area contributed by atoms with E-state index in [2.05, 4.69) is 31.5 Å². The van der Waals surface area contributed by atoms with Gasteiger partial charge in [-0.15, -0.1) is 0 Å². The van der Waals surface area contributed by atoms with Gasteiger partial charge in [0.05, 0.1) is 23.8 Å². The summed E-state index contributed by atoms with van der Waals surface area (Å²) in [5, 5.41) is 6.39. The van der Waals surface area contributed by atoms with Crippen LogP contribution in [0.5, 0.6) is 0 Å². The Hall–Kier alpha value is -0.730. The molecule has 0 bridgehead atoms. The van der Waals surface area contributed by atoms with Crippen molar-refractivity contribution in [2.24, 2.45) is 0 Å². The van der Waals surface area contributed by atoms with E-state index < -0.39 is 0 Å². The highest BCUT2D eigenvalue weighted by atomic mass is 79.9. The lowest BCUT2D eigenvalue weighted by atomic mass is 10.2. The Bertz CT molecular complexity index is 568. The number of carbonyl (C=O) groups excluding carboxylic acids is 1. The number of carbonyl (C=O) groups is 1. The minimum atomic E-state index is -0.318. The summed E-state index contributed by atoms with van der Waals surface area (Å²) in [6, 6.07) is 5.11. The molecular formula is C15H19BrClN3O2S. The van der Waals surface area contributed by atoms with Crippen molar-refractivity contribution in [3.63, 3.8) is 0 Å². The van der Waals surface area contributed by atoms with E-state index in [9.17, 15) is 4.79 Å². The Morgan fingerprint density at radius 3 is 2.87 bits per heavy atom. The second-order valence-electron chi connectivity index (χ2n) is 5.14. The van der Waals surface area contributed by atoms with Gasteiger partial charge in [0.2, 0.25) is 0 Å². The fraction of sp³-hybridized carbons (Fsp3) is 0.467. The number of morpholine rings is 1. The summed E-state index contributed by atoms with van der Waals surface area (Å²) in [5.74, 6) is -0.318. The second kappa shape index (κ2) is 9.54. The molecule has 23 heavy (non-hydrogen) atoms. The molecule has 2 rings (SSSR count). The van der Waals surface area contributed by atoms with Crippen molar-refractivity contribution >= 4 is 50.8 Å². The molecule has 0 spiro atoms. The Balaban J connectivity index is 1.69. The zero-order valence-electron chi connectivity index (χ0n) is 12.6. The maximum Gasteiger partial charge on any atom is 0.258 e. The Labute approximate surface area is 154 Å². The first-order chi connectivity index (χ1) is 11.1. The Morgan fingerprint density at radius 1 is 1.39 bits per heavy atom. The molecule has 1 fully saturated rings. The monoisotopic (exact) mass is 419 g/mol. The first-order valence-corrected chi connectivity index (χ1v) is 8.98. The van der Waals surface area contributed by atoms with Gasteiger partial charge in [0.25, 0.3) is 5.91 Å². The molecule has 5 nitrogen and oxygen atoms in total. The third kappa shape index (κ3) is 6.35. The number of hydrogen-bond acceptors (Lipinski definition) is 4. The molecule has 1 aliphatic rings. The first kappa shape index (κ1) is 18.6. The van der Waals surface area contributed by atoms with E-state index in [0.717, 1.165) is 43.7 Å². The van der Waals surface area contributed by atoms with Crippen molar-refractivity contribution in [3.8, 4) is 0 Å². The van der Waals surface area contributed by atoms with Gasteiger partial charge in [-0.2, -0.15) is 0 Å². The highest BCUT2D eigenvalue weighted by Crippen LogP contribution is 2.20. The van der Waals surface area contributed by atoms with Crippen LogP contribution < -0.4 is 10.6 Å². The summed E-state index contributed by atoms with van der Waals surface area (Å²) in [6.07, 6.45) is 0.952. The SMILES string of the molecule is O=C(NC(=S)NCCCN1CCOCC1)c1cc(Br)ccc1Cl. The fourth-order valence-corrected chi connectivity index (χ4v) is 2.97. The Morgan fingerprint density at radius 2 is 2.13 bits per heavy atom. The molecule has 8 heteroatoms. The average molecular weight is 421 g/mol. The summed E-state index contributed by atoms with van der Waals surface area (Å²) < 4.78 is 6.10. The molecule has 1 aliphatic heterocycles. The number of thiocarbonyl (C=S) groups is 1. The van der Waals surface area contributed by atoms with E-state index in [1.54, 1.807) is 18.2 Å². The number of rotatable bonds is 5. The van der Waals surface area contributed by atoms with Crippen LogP contribution in [0.1, 0.15) is 16.8 Å². The van der Waals surface area contributed by atoms with Gasteiger partial charge < -0.3 is 10.1 Å². The molecule has 126 valence electrons. The van der Waals surface area contributed by atoms with Crippen molar-refractivity contribution in [3.05, 3.63) is 33.3 Å². The van der Waals surface area contributed by atoms with Crippen LogP contribution in [-0.4, -0.2) is 55.3 Å². The third-order valence-corrected chi connectivity index (χ3v) is 4.51. The predicted octanol–water partition coefficient (Wildman–Crippen LogP) is 2.43. The van der Waals surface area contributed by atoms with Crippen LogP contribution in [0, 0.1) is 0 Å². The minimum Gasteiger partial charge on any atom is -0.379 e. The molecule has 1 saturated heterocycles. The topological polar surface area (TPSA) is 53.6 Å². The minimum absolute atomic E-state index is 0.313. The van der Waals surface area contributed by atoms with Crippen LogP contribution in [0.25, 0.3) is 0 Å². The van der Waals surface area contributed by atoms with Crippen LogP contribution in [0.2, 0.25) is 5.02 Å². The average Bonchev–Trinajstić information content (AvgIpc) is 2.54. The third-order valence-electron chi connectivity index (χ3n) is 3.44. The summed E-state index contributed by atoms with van der Waals surface area (Å²) in [4.78, 5) is 14.5. The maximum atomic E-state index is 12.1. The molecule has 1 amide bonds. The number of nitrogens with one attached hydrogen (secondary N) is 2. The molecule has 0 atom stereocenters. The first-order valence-electron chi connectivity index (χ1n) is 7.40. The van der Waals surface area contributed by atoms with Gasteiger partial charge in [0.15, 0.2) is 5.11 Å². The molecule has 0 radical (unpaired) electrons. The largest absolute Gasteiger partial charge is 0.379 e. The zero-order chi connectivity index (χ0) is 16.7. The quantitative estimate of drug-likeness (QED) is 0.566. The number of benzene rings is 1. The molecule has 1 aromatic carbocycles. The lowest BCUT2D eigenvalue weighted by Crippen LogP contribution is -2.41. The number of halogens is 2. The molecule has 0 aromatic heterocycles. The van der Waals surface area contributed by atoms with Crippen molar-refractivity contribution in [2.45, 2.75) is 6.42 Å². The second-order valence-corrected chi connectivity index (χ2v) is 6.87. The van der Waals surface area contributed by atoms with Crippen LogP contribution in [0.3, 0.4) is 0 Å². The van der Waals surface area contributed by atoms with Crippen molar-refractivity contribution in [2.75, 3.05) is 39.4 Å². The van der Waals surface area contributed by atoms with Gasteiger partial charge >= 0.3 is 0 Å². The van der Waals surface area contributed by atoms with Gasteiger partial charge in [0, 0.05) is 24.1 Å².